The molecule has 0 heterocycles. The van der Waals surface area contributed by atoms with E-state index in [4.69, 9.17) is 0 Å². The number of carbonyl (C=O) groups is 3. The van der Waals surface area contributed by atoms with Gasteiger partial charge >= 0.3 is 11.9 Å². The third-order valence-corrected chi connectivity index (χ3v) is 10.2. The first-order valence-corrected chi connectivity index (χ1v) is 11.6. The number of rotatable bonds is 4. The Morgan fingerprint density at radius 2 is 1.45 bits per heavy atom. The number of hydrogen-bond acceptors (Lipinski definition) is 3. The van der Waals surface area contributed by atoms with Crippen LogP contribution in [0.2, 0.25) is 0 Å². The Kier molecular flexibility index (Phi) is 5.10. The highest BCUT2D eigenvalue weighted by molar-refractivity contribution is 5.93. The number of fused-ring (bicyclic) bond motifs is 5. The van der Waals surface area contributed by atoms with Gasteiger partial charge in [-0.15, -0.1) is 0 Å². The molecule has 0 amide bonds. The van der Waals surface area contributed by atoms with Gasteiger partial charge in [0.15, 0.2) is 5.92 Å². The fourth-order valence-electron chi connectivity index (χ4n) is 8.77. The topological polar surface area (TPSA) is 91.7 Å². The van der Waals surface area contributed by atoms with Gasteiger partial charge in [-0.3, -0.25) is 14.4 Å². The van der Waals surface area contributed by atoms with Gasteiger partial charge in [-0.25, -0.2) is 0 Å². The van der Waals surface area contributed by atoms with E-state index >= 15 is 0 Å². The summed E-state index contributed by atoms with van der Waals surface area (Å²) in [5.41, 5.74) is 0.349. The minimum atomic E-state index is -1.27. The molecule has 162 valence electrons. The van der Waals surface area contributed by atoms with Crippen molar-refractivity contribution in [2.24, 2.45) is 52.3 Å². The second kappa shape index (κ2) is 7.09. The quantitative estimate of drug-likeness (QED) is 0.666. The van der Waals surface area contributed by atoms with E-state index in [1.165, 1.54) is 12.8 Å². The molecule has 0 aliphatic heterocycles. The van der Waals surface area contributed by atoms with Crippen molar-refractivity contribution in [2.75, 3.05) is 0 Å². The van der Waals surface area contributed by atoms with E-state index in [-0.39, 0.29) is 22.7 Å². The number of hydrogen-bond donors (Lipinski definition) is 2. The van der Waals surface area contributed by atoms with Gasteiger partial charge in [0, 0.05) is 5.92 Å². The van der Waals surface area contributed by atoms with Crippen LogP contribution in [0.5, 0.6) is 0 Å². The van der Waals surface area contributed by atoms with Crippen molar-refractivity contribution in [1.29, 1.82) is 0 Å². The number of carboxylic acids is 2. The lowest BCUT2D eigenvalue weighted by molar-refractivity contribution is -0.163. The molecule has 29 heavy (non-hydrogen) atoms. The molecular formula is C24H36O5. The standard InChI is InChI=1S/C24H36O5/c1-13(25)17-6-7-18-16-5-4-15-12-14(20(21(26)27)22(28)29)8-10-23(15,2)19(16)9-11-24(17,18)3/h14-20H,4-12H2,1-3H3,(H,26,27)(H,28,29)/t14-,15-,16+,17-,18+,19+,23+,24-/m1/s1. The summed E-state index contributed by atoms with van der Waals surface area (Å²) < 4.78 is 0. The summed E-state index contributed by atoms with van der Waals surface area (Å²) in [6.45, 7) is 6.54. The lowest BCUT2D eigenvalue weighted by Crippen LogP contribution is -2.54. The van der Waals surface area contributed by atoms with E-state index < -0.39 is 17.9 Å². The number of ketones is 1. The van der Waals surface area contributed by atoms with Crippen LogP contribution in [-0.2, 0) is 14.4 Å². The average Bonchev–Trinajstić information content (AvgIpc) is 2.98. The van der Waals surface area contributed by atoms with Crippen molar-refractivity contribution < 1.29 is 24.6 Å². The summed E-state index contributed by atoms with van der Waals surface area (Å²) >= 11 is 0. The van der Waals surface area contributed by atoms with Crippen molar-refractivity contribution in [1.82, 2.24) is 0 Å². The van der Waals surface area contributed by atoms with Crippen molar-refractivity contribution in [3.05, 3.63) is 0 Å². The van der Waals surface area contributed by atoms with Crippen LogP contribution in [0.25, 0.3) is 0 Å². The molecule has 4 saturated carbocycles. The molecule has 0 aromatic rings. The van der Waals surface area contributed by atoms with Gasteiger partial charge in [0.05, 0.1) is 0 Å². The van der Waals surface area contributed by atoms with Gasteiger partial charge in [-0.05, 0) is 105 Å². The van der Waals surface area contributed by atoms with E-state index in [9.17, 15) is 24.6 Å². The van der Waals surface area contributed by atoms with Crippen molar-refractivity contribution in [2.45, 2.75) is 78.6 Å². The van der Waals surface area contributed by atoms with E-state index in [0.29, 0.717) is 35.9 Å². The molecule has 8 atom stereocenters. The SMILES string of the molecule is CC(=O)[C@H]1CC[C@H]2[C@@H]3CC[C@@H]4C[C@H](C(C(=O)O)C(=O)O)CC[C@]4(C)[C@H]3CC[C@]12C. The third-order valence-electron chi connectivity index (χ3n) is 10.2. The van der Waals surface area contributed by atoms with Crippen LogP contribution in [0.4, 0.5) is 0 Å². The van der Waals surface area contributed by atoms with E-state index in [1.807, 2.05) is 0 Å². The predicted molar refractivity (Wildman–Crippen MR) is 108 cm³/mol. The summed E-state index contributed by atoms with van der Waals surface area (Å²) in [6.07, 6.45) is 9.14. The monoisotopic (exact) mass is 404 g/mol. The molecule has 0 bridgehead atoms. The van der Waals surface area contributed by atoms with Crippen molar-refractivity contribution >= 4 is 17.7 Å². The zero-order valence-electron chi connectivity index (χ0n) is 18.0. The number of carboxylic acid groups (broad SMARTS) is 2. The second-order valence-electron chi connectivity index (χ2n) is 11.1. The zero-order valence-corrected chi connectivity index (χ0v) is 18.0. The summed E-state index contributed by atoms with van der Waals surface area (Å²) in [7, 11) is 0. The smallest absolute Gasteiger partial charge is 0.318 e. The Hall–Kier alpha value is -1.39. The van der Waals surface area contributed by atoms with Gasteiger partial charge in [-0.2, -0.15) is 0 Å². The zero-order chi connectivity index (χ0) is 21.1. The molecule has 2 N–H and O–H groups in total. The Bertz CT molecular complexity index is 702. The molecule has 5 heteroatoms. The molecule has 0 aromatic carbocycles. The molecular weight excluding hydrogens is 368 g/mol. The van der Waals surface area contributed by atoms with Crippen LogP contribution in [0.3, 0.4) is 0 Å². The van der Waals surface area contributed by atoms with E-state index in [2.05, 4.69) is 13.8 Å². The molecule has 4 fully saturated rings. The fraction of sp³-hybridized carbons (Fsp3) is 0.875. The predicted octanol–water partition coefficient (Wildman–Crippen LogP) is 4.64. The van der Waals surface area contributed by atoms with Gasteiger partial charge in [0.2, 0.25) is 0 Å². The van der Waals surface area contributed by atoms with Crippen LogP contribution < -0.4 is 0 Å². The van der Waals surface area contributed by atoms with Crippen LogP contribution >= 0.6 is 0 Å². The summed E-state index contributed by atoms with van der Waals surface area (Å²) in [4.78, 5) is 35.4. The van der Waals surface area contributed by atoms with Gasteiger partial charge in [0.25, 0.3) is 0 Å². The van der Waals surface area contributed by atoms with Crippen molar-refractivity contribution in [3.63, 3.8) is 0 Å². The van der Waals surface area contributed by atoms with E-state index in [1.54, 1.807) is 6.92 Å². The Balaban J connectivity index is 1.54. The van der Waals surface area contributed by atoms with Crippen LogP contribution in [0.1, 0.15) is 78.6 Å². The minimum Gasteiger partial charge on any atom is -0.481 e. The molecule has 0 spiro atoms. The first-order chi connectivity index (χ1) is 13.6. The molecule has 0 radical (unpaired) electrons. The number of aliphatic carboxylic acids is 2. The first kappa shape index (κ1) is 20.9. The second-order valence-corrected chi connectivity index (χ2v) is 11.1. The maximum Gasteiger partial charge on any atom is 0.318 e. The summed E-state index contributed by atoms with van der Waals surface area (Å²) in [5, 5.41) is 18.9. The largest absolute Gasteiger partial charge is 0.481 e. The molecule has 0 aromatic heterocycles. The van der Waals surface area contributed by atoms with Gasteiger partial charge in [-0.1, -0.05) is 13.8 Å². The van der Waals surface area contributed by atoms with Crippen LogP contribution in [0.15, 0.2) is 0 Å². The highest BCUT2D eigenvalue weighted by atomic mass is 16.4. The Morgan fingerprint density at radius 3 is 2.07 bits per heavy atom. The lowest BCUT2D eigenvalue weighted by Gasteiger charge is -2.61. The fourth-order valence-corrected chi connectivity index (χ4v) is 8.77. The maximum absolute atomic E-state index is 12.3. The highest BCUT2D eigenvalue weighted by Crippen LogP contribution is 2.68. The average molecular weight is 405 g/mol. The van der Waals surface area contributed by atoms with Gasteiger partial charge in [0.1, 0.15) is 5.78 Å². The summed E-state index contributed by atoms with van der Waals surface area (Å²) in [5.74, 6) is -0.924. The first-order valence-electron chi connectivity index (χ1n) is 11.6. The third kappa shape index (κ3) is 3.06. The lowest BCUT2D eigenvalue weighted by atomic mass is 9.44. The summed E-state index contributed by atoms with van der Waals surface area (Å²) in [6, 6.07) is 0. The molecule has 0 saturated heterocycles. The normalized spacial score (nSPS) is 46.5. The Morgan fingerprint density at radius 1 is 0.828 bits per heavy atom. The molecule has 0 unspecified atom stereocenters. The van der Waals surface area contributed by atoms with Gasteiger partial charge < -0.3 is 10.2 Å². The molecule has 4 aliphatic carbocycles. The van der Waals surface area contributed by atoms with E-state index in [0.717, 1.165) is 38.5 Å². The van der Waals surface area contributed by atoms with Crippen LogP contribution in [-0.4, -0.2) is 27.9 Å². The highest BCUT2D eigenvalue weighted by Gasteiger charge is 2.61. The number of carbonyl (C=O) groups excluding carboxylic acids is 1. The van der Waals surface area contributed by atoms with Crippen LogP contribution in [0, 0.1) is 52.3 Å². The maximum atomic E-state index is 12.3. The molecule has 4 rings (SSSR count). The molecule has 4 aliphatic rings. The number of Topliss-reactive ketones (excluding diaryl/α,β-unsaturated/α-hetero) is 1. The minimum absolute atomic E-state index is 0.158. The Labute approximate surface area is 173 Å². The molecule has 5 nitrogen and oxygen atoms in total. The van der Waals surface area contributed by atoms with Crippen molar-refractivity contribution in [3.8, 4) is 0 Å².